The highest BCUT2D eigenvalue weighted by Gasteiger charge is 2.15. The Labute approximate surface area is 86.9 Å². The third-order valence-corrected chi connectivity index (χ3v) is 3.11. The predicted molar refractivity (Wildman–Crippen MR) is 55.6 cm³/mol. The summed E-state index contributed by atoms with van der Waals surface area (Å²) in [5.41, 5.74) is 1.35. The van der Waals surface area contributed by atoms with E-state index in [2.05, 4.69) is 32.2 Å². The maximum Gasteiger partial charge on any atom is 0.129 e. The van der Waals surface area contributed by atoms with Crippen LogP contribution in [0, 0.1) is 0 Å². The molecule has 1 aromatic rings. The molecule has 1 aromatic heterocycles. The number of aromatic nitrogens is 2. The second kappa shape index (κ2) is 4.18. The molecule has 2 nitrogen and oxygen atoms in total. The van der Waals surface area contributed by atoms with Crippen LogP contribution >= 0.6 is 15.9 Å². The Balaban J connectivity index is 2.14. The largest absolute Gasteiger partial charge is 0.158 e. The maximum atomic E-state index is 3.96. The van der Waals surface area contributed by atoms with Gasteiger partial charge in [-0.05, 0) is 46.3 Å². The zero-order valence-electron chi connectivity index (χ0n) is 7.54. The molecule has 0 aromatic carbocycles. The van der Waals surface area contributed by atoms with Crippen LogP contribution in [0.4, 0.5) is 0 Å². The van der Waals surface area contributed by atoms with E-state index in [1.807, 2.05) is 6.20 Å². The minimum atomic E-state index is 0.723. The van der Waals surface area contributed by atoms with Gasteiger partial charge in [-0.2, -0.15) is 5.10 Å². The minimum absolute atomic E-state index is 0.723. The van der Waals surface area contributed by atoms with E-state index in [-0.39, 0.29) is 0 Å². The lowest BCUT2D eigenvalue weighted by molar-refractivity contribution is 0.442. The van der Waals surface area contributed by atoms with Crippen molar-refractivity contribution in [3.63, 3.8) is 0 Å². The summed E-state index contributed by atoms with van der Waals surface area (Å²) >= 11 is 3.36. The van der Waals surface area contributed by atoms with Gasteiger partial charge < -0.3 is 0 Å². The third-order valence-electron chi connectivity index (χ3n) is 2.72. The first-order chi connectivity index (χ1) is 6.36. The number of rotatable bonds is 1. The van der Waals surface area contributed by atoms with Gasteiger partial charge in [-0.25, -0.2) is 0 Å². The van der Waals surface area contributed by atoms with Crippen molar-refractivity contribution in [1.82, 2.24) is 10.2 Å². The molecule has 1 aliphatic rings. The van der Waals surface area contributed by atoms with Crippen molar-refractivity contribution in [2.45, 2.75) is 38.0 Å². The van der Waals surface area contributed by atoms with Crippen LogP contribution in [-0.2, 0) is 0 Å². The van der Waals surface area contributed by atoms with E-state index in [4.69, 9.17) is 0 Å². The fourth-order valence-electron chi connectivity index (χ4n) is 2.01. The van der Waals surface area contributed by atoms with Crippen LogP contribution in [0.2, 0.25) is 0 Å². The zero-order valence-corrected chi connectivity index (χ0v) is 9.13. The van der Waals surface area contributed by atoms with Gasteiger partial charge in [-0.15, -0.1) is 5.10 Å². The first kappa shape index (κ1) is 9.13. The Morgan fingerprint density at radius 3 is 2.69 bits per heavy atom. The summed E-state index contributed by atoms with van der Waals surface area (Å²) in [6, 6.07) is 2.10. The molecular formula is C10H13BrN2. The average molecular weight is 241 g/mol. The van der Waals surface area contributed by atoms with E-state index >= 15 is 0 Å². The Morgan fingerprint density at radius 1 is 1.23 bits per heavy atom. The quantitative estimate of drug-likeness (QED) is 0.753. The Kier molecular flexibility index (Phi) is 2.94. The SMILES string of the molecule is Brc1cc(C2CCCCC2)cnn1. The van der Waals surface area contributed by atoms with E-state index in [1.165, 1.54) is 37.7 Å². The van der Waals surface area contributed by atoms with Gasteiger partial charge in [0.1, 0.15) is 4.60 Å². The summed E-state index contributed by atoms with van der Waals surface area (Å²) in [6.07, 6.45) is 8.67. The summed E-state index contributed by atoms with van der Waals surface area (Å²) in [4.78, 5) is 0. The molecule has 1 fully saturated rings. The van der Waals surface area contributed by atoms with Crippen LogP contribution in [-0.4, -0.2) is 10.2 Å². The van der Waals surface area contributed by atoms with Crippen LogP contribution in [0.1, 0.15) is 43.6 Å². The normalized spacial score (nSPS) is 18.8. The molecule has 0 N–H and O–H groups in total. The van der Waals surface area contributed by atoms with Crippen molar-refractivity contribution in [1.29, 1.82) is 0 Å². The molecule has 2 rings (SSSR count). The summed E-state index contributed by atoms with van der Waals surface area (Å²) < 4.78 is 0.857. The topological polar surface area (TPSA) is 25.8 Å². The third kappa shape index (κ3) is 2.27. The van der Waals surface area contributed by atoms with Crippen molar-refractivity contribution in [2.75, 3.05) is 0 Å². The van der Waals surface area contributed by atoms with Gasteiger partial charge in [0, 0.05) is 0 Å². The summed E-state index contributed by atoms with van der Waals surface area (Å²) in [7, 11) is 0. The highest BCUT2D eigenvalue weighted by Crippen LogP contribution is 2.32. The second-order valence-corrected chi connectivity index (χ2v) is 4.46. The molecule has 0 radical (unpaired) electrons. The van der Waals surface area contributed by atoms with Gasteiger partial charge in [0.2, 0.25) is 0 Å². The van der Waals surface area contributed by atoms with Crippen LogP contribution in [0.3, 0.4) is 0 Å². The number of hydrogen-bond acceptors (Lipinski definition) is 2. The molecule has 0 amide bonds. The smallest absolute Gasteiger partial charge is 0.129 e. The fraction of sp³-hybridized carbons (Fsp3) is 0.600. The molecule has 3 heteroatoms. The average Bonchev–Trinajstić information content (AvgIpc) is 2.19. The molecular weight excluding hydrogens is 228 g/mol. The lowest BCUT2D eigenvalue weighted by atomic mass is 9.85. The minimum Gasteiger partial charge on any atom is -0.158 e. The maximum absolute atomic E-state index is 3.96. The molecule has 0 saturated heterocycles. The molecule has 1 saturated carbocycles. The van der Waals surface area contributed by atoms with Crippen molar-refractivity contribution < 1.29 is 0 Å². The van der Waals surface area contributed by atoms with E-state index in [0.717, 1.165) is 10.5 Å². The molecule has 0 aliphatic heterocycles. The summed E-state index contributed by atoms with van der Waals surface area (Å²) in [5.74, 6) is 0.723. The lowest BCUT2D eigenvalue weighted by Crippen LogP contribution is -2.05. The van der Waals surface area contributed by atoms with Crippen molar-refractivity contribution >= 4 is 15.9 Å². The Bertz CT molecular complexity index is 282. The van der Waals surface area contributed by atoms with E-state index in [9.17, 15) is 0 Å². The first-order valence-electron chi connectivity index (χ1n) is 4.84. The van der Waals surface area contributed by atoms with Gasteiger partial charge in [0.15, 0.2) is 0 Å². The van der Waals surface area contributed by atoms with Gasteiger partial charge in [0.25, 0.3) is 0 Å². The monoisotopic (exact) mass is 240 g/mol. The first-order valence-corrected chi connectivity index (χ1v) is 5.63. The standard InChI is InChI=1S/C10H13BrN2/c11-10-6-9(7-12-13-10)8-4-2-1-3-5-8/h6-8H,1-5H2. The molecule has 0 spiro atoms. The van der Waals surface area contributed by atoms with Crippen LogP contribution < -0.4 is 0 Å². The molecule has 0 unspecified atom stereocenters. The molecule has 70 valence electrons. The Morgan fingerprint density at radius 2 is 2.00 bits per heavy atom. The number of hydrogen-bond donors (Lipinski definition) is 0. The van der Waals surface area contributed by atoms with Gasteiger partial charge in [-0.3, -0.25) is 0 Å². The van der Waals surface area contributed by atoms with E-state index in [1.54, 1.807) is 0 Å². The van der Waals surface area contributed by atoms with Crippen molar-refractivity contribution in [3.8, 4) is 0 Å². The van der Waals surface area contributed by atoms with Crippen molar-refractivity contribution in [3.05, 3.63) is 22.4 Å². The molecule has 1 aliphatic carbocycles. The second-order valence-electron chi connectivity index (χ2n) is 3.65. The van der Waals surface area contributed by atoms with Crippen LogP contribution in [0.25, 0.3) is 0 Å². The lowest BCUT2D eigenvalue weighted by Gasteiger charge is -2.21. The van der Waals surface area contributed by atoms with E-state index in [0.29, 0.717) is 0 Å². The summed E-state index contributed by atoms with van der Waals surface area (Å²) in [5, 5.41) is 7.86. The highest BCUT2D eigenvalue weighted by molar-refractivity contribution is 9.10. The number of halogens is 1. The van der Waals surface area contributed by atoms with E-state index < -0.39 is 0 Å². The Hall–Kier alpha value is -0.440. The van der Waals surface area contributed by atoms with Crippen LogP contribution in [0.15, 0.2) is 16.9 Å². The highest BCUT2D eigenvalue weighted by atomic mass is 79.9. The zero-order chi connectivity index (χ0) is 9.10. The van der Waals surface area contributed by atoms with Crippen molar-refractivity contribution in [2.24, 2.45) is 0 Å². The van der Waals surface area contributed by atoms with Gasteiger partial charge in [-0.1, -0.05) is 19.3 Å². The van der Waals surface area contributed by atoms with Gasteiger partial charge >= 0.3 is 0 Å². The molecule has 1 heterocycles. The van der Waals surface area contributed by atoms with Gasteiger partial charge in [0.05, 0.1) is 6.20 Å². The molecule has 0 atom stereocenters. The number of nitrogens with zero attached hydrogens (tertiary/aromatic N) is 2. The fourth-order valence-corrected chi connectivity index (χ4v) is 2.37. The predicted octanol–water partition coefficient (Wildman–Crippen LogP) is 3.29. The summed E-state index contributed by atoms with van der Waals surface area (Å²) in [6.45, 7) is 0. The molecule has 13 heavy (non-hydrogen) atoms. The molecule has 0 bridgehead atoms. The van der Waals surface area contributed by atoms with Crippen LogP contribution in [0.5, 0.6) is 0 Å².